The average molecular weight is 270 g/mol. The van der Waals surface area contributed by atoms with Gasteiger partial charge in [0, 0.05) is 19.2 Å². The summed E-state index contributed by atoms with van der Waals surface area (Å²) >= 11 is 0. The average Bonchev–Trinajstić information content (AvgIpc) is 2.90. The van der Waals surface area contributed by atoms with E-state index in [-0.39, 0.29) is 5.97 Å². The molecule has 3 unspecified atom stereocenters. The number of carbonyl (C=O) groups excluding carboxylic acids is 1. The van der Waals surface area contributed by atoms with Crippen LogP contribution >= 0.6 is 0 Å². The number of hydrogen-bond donors (Lipinski definition) is 1. The number of esters is 1. The normalized spacial score (nSPS) is 35.6. The van der Waals surface area contributed by atoms with Gasteiger partial charge in [0.1, 0.15) is 5.54 Å². The number of hydrogen-bond acceptors (Lipinski definition) is 5. The van der Waals surface area contributed by atoms with Crippen molar-refractivity contribution in [3.8, 4) is 0 Å². The van der Waals surface area contributed by atoms with Gasteiger partial charge in [-0.3, -0.25) is 4.79 Å². The van der Waals surface area contributed by atoms with Crippen LogP contribution in [-0.2, 0) is 14.3 Å². The summed E-state index contributed by atoms with van der Waals surface area (Å²) in [6.45, 7) is 1.81. The molecule has 0 aromatic rings. The molecule has 3 atom stereocenters. The maximum atomic E-state index is 11.8. The molecule has 1 heterocycles. The molecule has 0 aromatic carbocycles. The Morgan fingerprint density at radius 1 is 1.47 bits per heavy atom. The zero-order valence-corrected chi connectivity index (χ0v) is 12.1. The second-order valence-electron chi connectivity index (χ2n) is 5.97. The van der Waals surface area contributed by atoms with Gasteiger partial charge in [-0.1, -0.05) is 0 Å². The minimum Gasteiger partial charge on any atom is -0.468 e. The number of methoxy groups -OCH3 is 1. The largest absolute Gasteiger partial charge is 0.468 e. The van der Waals surface area contributed by atoms with Gasteiger partial charge in [-0.15, -0.1) is 0 Å². The van der Waals surface area contributed by atoms with Gasteiger partial charge in [0.25, 0.3) is 0 Å². The van der Waals surface area contributed by atoms with Crippen LogP contribution in [0.15, 0.2) is 0 Å². The molecule has 2 fully saturated rings. The first-order valence-corrected chi connectivity index (χ1v) is 7.24. The molecular weight excluding hydrogens is 244 g/mol. The SMILES string of the molecule is COC(=O)C1(N)CCCC(N(C)CC2CCCO2)C1. The van der Waals surface area contributed by atoms with Crippen molar-refractivity contribution in [2.45, 2.75) is 56.2 Å². The first kappa shape index (κ1) is 14.8. The zero-order chi connectivity index (χ0) is 13.9. The van der Waals surface area contributed by atoms with Crippen molar-refractivity contribution < 1.29 is 14.3 Å². The van der Waals surface area contributed by atoms with E-state index in [2.05, 4.69) is 11.9 Å². The molecule has 0 spiro atoms. The standard InChI is InChI=1S/C14H26N2O3/c1-16(10-12-6-4-8-19-12)11-5-3-7-14(15,9-11)13(17)18-2/h11-12H,3-10,15H2,1-2H3. The summed E-state index contributed by atoms with van der Waals surface area (Å²) in [4.78, 5) is 14.1. The second-order valence-corrected chi connectivity index (χ2v) is 5.97. The zero-order valence-electron chi connectivity index (χ0n) is 12.1. The van der Waals surface area contributed by atoms with Gasteiger partial charge < -0.3 is 20.1 Å². The fourth-order valence-electron chi connectivity index (χ4n) is 3.30. The molecule has 0 radical (unpaired) electrons. The van der Waals surface area contributed by atoms with Crippen LogP contribution in [0, 0.1) is 0 Å². The van der Waals surface area contributed by atoms with Crippen molar-refractivity contribution in [2.24, 2.45) is 5.73 Å². The number of likely N-dealkylation sites (N-methyl/N-ethyl adjacent to an activating group) is 1. The molecular formula is C14H26N2O3. The maximum absolute atomic E-state index is 11.8. The van der Waals surface area contributed by atoms with Gasteiger partial charge in [-0.25, -0.2) is 0 Å². The van der Waals surface area contributed by atoms with Crippen LogP contribution < -0.4 is 5.73 Å². The summed E-state index contributed by atoms with van der Waals surface area (Å²) in [6.07, 6.45) is 6.13. The van der Waals surface area contributed by atoms with E-state index < -0.39 is 5.54 Å². The van der Waals surface area contributed by atoms with Crippen LogP contribution in [0.3, 0.4) is 0 Å². The summed E-state index contributed by atoms with van der Waals surface area (Å²) in [6, 6.07) is 0.349. The quantitative estimate of drug-likeness (QED) is 0.769. The lowest BCUT2D eigenvalue weighted by molar-refractivity contribution is -0.149. The first-order chi connectivity index (χ1) is 9.05. The van der Waals surface area contributed by atoms with Crippen molar-refractivity contribution >= 4 is 5.97 Å². The summed E-state index contributed by atoms with van der Waals surface area (Å²) in [5, 5.41) is 0. The van der Waals surface area contributed by atoms with E-state index in [1.54, 1.807) is 0 Å². The molecule has 19 heavy (non-hydrogen) atoms. The van der Waals surface area contributed by atoms with Crippen LogP contribution in [0.25, 0.3) is 0 Å². The van der Waals surface area contributed by atoms with E-state index in [0.717, 1.165) is 45.3 Å². The van der Waals surface area contributed by atoms with Crippen molar-refractivity contribution in [3.63, 3.8) is 0 Å². The molecule has 5 heteroatoms. The first-order valence-electron chi connectivity index (χ1n) is 7.24. The van der Waals surface area contributed by atoms with Crippen LogP contribution in [0.2, 0.25) is 0 Å². The number of rotatable bonds is 4. The number of nitrogens with zero attached hydrogens (tertiary/aromatic N) is 1. The van der Waals surface area contributed by atoms with E-state index >= 15 is 0 Å². The van der Waals surface area contributed by atoms with E-state index in [4.69, 9.17) is 15.2 Å². The number of nitrogens with two attached hydrogens (primary N) is 1. The van der Waals surface area contributed by atoms with Crippen LogP contribution in [0.4, 0.5) is 0 Å². The van der Waals surface area contributed by atoms with Gasteiger partial charge >= 0.3 is 5.97 Å². The third kappa shape index (κ3) is 3.46. The molecule has 5 nitrogen and oxygen atoms in total. The Kier molecular flexibility index (Phi) is 4.81. The van der Waals surface area contributed by atoms with Crippen molar-refractivity contribution in [2.75, 3.05) is 27.3 Å². The molecule has 0 amide bonds. The lowest BCUT2D eigenvalue weighted by atomic mass is 9.79. The third-order valence-electron chi connectivity index (χ3n) is 4.49. The van der Waals surface area contributed by atoms with E-state index in [1.807, 2.05) is 0 Å². The Labute approximate surface area is 115 Å². The summed E-state index contributed by atoms with van der Waals surface area (Å²) in [7, 11) is 3.52. The van der Waals surface area contributed by atoms with E-state index in [1.165, 1.54) is 7.11 Å². The van der Waals surface area contributed by atoms with Crippen LogP contribution in [0.5, 0.6) is 0 Å². The van der Waals surface area contributed by atoms with E-state index in [9.17, 15) is 4.79 Å². The minimum absolute atomic E-state index is 0.275. The Bertz CT molecular complexity index is 318. The highest BCUT2D eigenvalue weighted by Crippen LogP contribution is 2.30. The van der Waals surface area contributed by atoms with Gasteiger partial charge in [0.15, 0.2) is 0 Å². The predicted molar refractivity (Wildman–Crippen MR) is 72.8 cm³/mol. The monoisotopic (exact) mass is 270 g/mol. The third-order valence-corrected chi connectivity index (χ3v) is 4.49. The number of carbonyl (C=O) groups is 1. The van der Waals surface area contributed by atoms with Gasteiger partial charge in [0.05, 0.1) is 13.2 Å². The topological polar surface area (TPSA) is 64.8 Å². The second kappa shape index (κ2) is 6.20. The highest BCUT2D eigenvalue weighted by molar-refractivity contribution is 5.80. The van der Waals surface area contributed by atoms with Gasteiger partial charge in [-0.05, 0) is 45.6 Å². The molecule has 2 aliphatic rings. The molecule has 1 aliphatic carbocycles. The smallest absolute Gasteiger partial charge is 0.325 e. The molecule has 0 aromatic heterocycles. The minimum atomic E-state index is -0.803. The fraction of sp³-hybridized carbons (Fsp3) is 0.929. The Balaban J connectivity index is 1.90. The Morgan fingerprint density at radius 2 is 2.26 bits per heavy atom. The van der Waals surface area contributed by atoms with Crippen molar-refractivity contribution in [1.82, 2.24) is 4.90 Å². The fourth-order valence-corrected chi connectivity index (χ4v) is 3.30. The summed E-state index contributed by atoms with van der Waals surface area (Å²) < 4.78 is 10.5. The molecule has 1 saturated carbocycles. The van der Waals surface area contributed by atoms with Gasteiger partial charge in [0.2, 0.25) is 0 Å². The van der Waals surface area contributed by atoms with Crippen molar-refractivity contribution in [3.05, 3.63) is 0 Å². The Hall–Kier alpha value is -0.650. The molecule has 2 N–H and O–H groups in total. The van der Waals surface area contributed by atoms with Crippen molar-refractivity contribution in [1.29, 1.82) is 0 Å². The lowest BCUT2D eigenvalue weighted by Gasteiger charge is -2.40. The molecule has 0 bridgehead atoms. The predicted octanol–water partition coefficient (Wildman–Crippen LogP) is 0.910. The lowest BCUT2D eigenvalue weighted by Crippen LogP contribution is -2.56. The van der Waals surface area contributed by atoms with E-state index in [0.29, 0.717) is 18.6 Å². The number of ether oxygens (including phenoxy) is 2. The van der Waals surface area contributed by atoms with Gasteiger partial charge in [-0.2, -0.15) is 0 Å². The highest BCUT2D eigenvalue weighted by Gasteiger charge is 2.41. The summed E-state index contributed by atoms with van der Waals surface area (Å²) in [5.41, 5.74) is 5.41. The summed E-state index contributed by atoms with van der Waals surface area (Å²) in [5.74, 6) is -0.275. The molecule has 1 saturated heterocycles. The molecule has 2 rings (SSSR count). The molecule has 110 valence electrons. The highest BCUT2D eigenvalue weighted by atomic mass is 16.5. The molecule has 1 aliphatic heterocycles. The maximum Gasteiger partial charge on any atom is 0.325 e. The van der Waals surface area contributed by atoms with Crippen LogP contribution in [-0.4, -0.2) is 55.9 Å². The Morgan fingerprint density at radius 3 is 2.89 bits per heavy atom. The van der Waals surface area contributed by atoms with Crippen LogP contribution in [0.1, 0.15) is 38.5 Å².